The van der Waals surface area contributed by atoms with Crippen molar-refractivity contribution >= 4 is 22.6 Å². The van der Waals surface area contributed by atoms with Crippen molar-refractivity contribution < 1.29 is 4.79 Å². The number of hydrogen-bond donors (Lipinski definition) is 2. The van der Waals surface area contributed by atoms with Gasteiger partial charge in [-0.3, -0.25) is 9.48 Å². The van der Waals surface area contributed by atoms with Crippen LogP contribution in [-0.4, -0.2) is 20.7 Å². The molecule has 128 valence electrons. The van der Waals surface area contributed by atoms with Crippen LogP contribution in [0.5, 0.6) is 0 Å². The van der Waals surface area contributed by atoms with E-state index in [9.17, 15) is 4.79 Å². The number of aryl methyl sites for hydroxylation is 3. The van der Waals surface area contributed by atoms with Gasteiger partial charge in [0.25, 0.3) is 5.91 Å². The Balaban J connectivity index is 1.62. The number of benzene rings is 1. The fourth-order valence-corrected chi connectivity index (χ4v) is 3.66. The van der Waals surface area contributed by atoms with Gasteiger partial charge in [0, 0.05) is 24.3 Å². The zero-order chi connectivity index (χ0) is 17.6. The van der Waals surface area contributed by atoms with Crippen LogP contribution in [0.3, 0.4) is 0 Å². The van der Waals surface area contributed by atoms with Crippen LogP contribution in [0.4, 0.5) is 5.69 Å². The Morgan fingerprint density at radius 2 is 2.20 bits per heavy atom. The van der Waals surface area contributed by atoms with Crippen molar-refractivity contribution in [1.29, 1.82) is 0 Å². The lowest BCUT2D eigenvalue weighted by atomic mass is 9.87. The van der Waals surface area contributed by atoms with E-state index in [1.54, 1.807) is 10.9 Å². The minimum absolute atomic E-state index is 0.0162. The number of nitrogens with one attached hydrogen (secondary N) is 1. The second kappa shape index (κ2) is 5.88. The van der Waals surface area contributed by atoms with Gasteiger partial charge in [-0.2, -0.15) is 5.10 Å². The third-order valence-corrected chi connectivity index (χ3v) is 4.91. The average molecular weight is 335 g/mol. The smallest absolute Gasteiger partial charge is 0.253 e. The van der Waals surface area contributed by atoms with Crippen LogP contribution in [0.25, 0.3) is 11.0 Å². The van der Waals surface area contributed by atoms with Gasteiger partial charge in [0.15, 0.2) is 5.65 Å². The molecular weight excluding hydrogens is 314 g/mol. The van der Waals surface area contributed by atoms with Gasteiger partial charge in [0.2, 0.25) is 0 Å². The van der Waals surface area contributed by atoms with Gasteiger partial charge >= 0.3 is 0 Å². The Bertz CT molecular complexity index is 975. The van der Waals surface area contributed by atoms with Gasteiger partial charge in [0.1, 0.15) is 0 Å². The van der Waals surface area contributed by atoms with Gasteiger partial charge in [-0.25, -0.2) is 4.98 Å². The summed E-state index contributed by atoms with van der Waals surface area (Å²) in [6.45, 7) is 1.92. The van der Waals surface area contributed by atoms with Crippen molar-refractivity contribution in [3.05, 3.63) is 52.8 Å². The van der Waals surface area contributed by atoms with Crippen LogP contribution in [-0.2, 0) is 13.5 Å². The van der Waals surface area contributed by atoms with Gasteiger partial charge in [-0.15, -0.1) is 0 Å². The highest BCUT2D eigenvalue weighted by molar-refractivity contribution is 5.97. The minimum Gasteiger partial charge on any atom is -0.399 e. The number of anilines is 1. The van der Waals surface area contributed by atoms with Crippen LogP contribution in [0.2, 0.25) is 0 Å². The highest BCUT2D eigenvalue weighted by Crippen LogP contribution is 2.31. The minimum atomic E-state index is -0.104. The number of aromatic nitrogens is 3. The molecule has 3 aromatic rings. The zero-order valence-electron chi connectivity index (χ0n) is 14.4. The summed E-state index contributed by atoms with van der Waals surface area (Å²) in [7, 11) is 1.85. The summed E-state index contributed by atoms with van der Waals surface area (Å²) in [6.07, 6.45) is 4.60. The Morgan fingerprint density at radius 1 is 1.36 bits per heavy atom. The molecule has 6 heteroatoms. The molecular formula is C19H21N5O. The number of hydrogen-bond acceptors (Lipinski definition) is 4. The van der Waals surface area contributed by atoms with Crippen LogP contribution < -0.4 is 11.1 Å². The molecule has 1 amide bonds. The lowest BCUT2D eigenvalue weighted by molar-refractivity contribution is 0.0932. The number of pyridine rings is 1. The highest BCUT2D eigenvalue weighted by atomic mass is 16.1. The average Bonchev–Trinajstić information content (AvgIpc) is 2.88. The molecule has 1 atom stereocenters. The van der Waals surface area contributed by atoms with Crippen molar-refractivity contribution in [2.75, 3.05) is 5.73 Å². The Hall–Kier alpha value is -2.89. The number of fused-ring (bicyclic) bond motifs is 2. The lowest BCUT2D eigenvalue weighted by Crippen LogP contribution is -2.31. The summed E-state index contributed by atoms with van der Waals surface area (Å²) in [5, 5.41) is 8.42. The molecule has 1 aromatic carbocycles. The largest absolute Gasteiger partial charge is 0.399 e. The lowest BCUT2D eigenvalue weighted by Gasteiger charge is -2.26. The molecule has 0 saturated heterocycles. The summed E-state index contributed by atoms with van der Waals surface area (Å²) in [6, 6.07) is 7.83. The third-order valence-electron chi connectivity index (χ3n) is 4.91. The number of carbonyl (C=O) groups excluding carboxylic acids is 1. The highest BCUT2D eigenvalue weighted by Gasteiger charge is 2.23. The van der Waals surface area contributed by atoms with E-state index in [-0.39, 0.29) is 11.9 Å². The third kappa shape index (κ3) is 2.73. The Morgan fingerprint density at radius 3 is 3.04 bits per heavy atom. The maximum Gasteiger partial charge on any atom is 0.253 e. The van der Waals surface area contributed by atoms with E-state index in [4.69, 9.17) is 5.73 Å². The van der Waals surface area contributed by atoms with E-state index in [0.29, 0.717) is 5.56 Å². The monoisotopic (exact) mass is 335 g/mol. The summed E-state index contributed by atoms with van der Waals surface area (Å²) >= 11 is 0. The maximum atomic E-state index is 12.7. The number of rotatable bonds is 2. The molecule has 0 aliphatic heterocycles. The van der Waals surface area contributed by atoms with Crippen LogP contribution in [0.15, 0.2) is 30.5 Å². The molecule has 0 spiro atoms. The summed E-state index contributed by atoms with van der Waals surface area (Å²) in [5.41, 5.74) is 11.3. The summed E-state index contributed by atoms with van der Waals surface area (Å²) in [5.74, 6) is -0.104. The number of amides is 1. The molecule has 1 unspecified atom stereocenters. The fourth-order valence-electron chi connectivity index (χ4n) is 3.66. The zero-order valence-corrected chi connectivity index (χ0v) is 14.4. The molecule has 0 fully saturated rings. The molecule has 3 N–H and O–H groups in total. The molecule has 0 bridgehead atoms. The van der Waals surface area contributed by atoms with Gasteiger partial charge in [0.05, 0.1) is 17.3 Å². The number of nitrogens with zero attached hydrogens (tertiary/aromatic N) is 3. The molecule has 6 nitrogen and oxygen atoms in total. The first-order valence-electron chi connectivity index (χ1n) is 8.51. The number of nitrogens with two attached hydrogens (primary N) is 1. The van der Waals surface area contributed by atoms with E-state index in [2.05, 4.69) is 15.4 Å². The van der Waals surface area contributed by atoms with Crippen molar-refractivity contribution in [3.8, 4) is 0 Å². The van der Waals surface area contributed by atoms with E-state index >= 15 is 0 Å². The van der Waals surface area contributed by atoms with Crippen LogP contribution in [0, 0.1) is 6.92 Å². The summed E-state index contributed by atoms with van der Waals surface area (Å²) < 4.78 is 1.73. The van der Waals surface area contributed by atoms with Crippen molar-refractivity contribution in [2.45, 2.75) is 32.2 Å². The Kier molecular flexibility index (Phi) is 3.67. The first-order chi connectivity index (χ1) is 12.0. The predicted octanol–water partition coefficient (Wildman–Crippen LogP) is 2.67. The Labute approximate surface area is 146 Å². The molecule has 1 aliphatic rings. The summed E-state index contributed by atoms with van der Waals surface area (Å²) in [4.78, 5) is 17.1. The molecule has 1 aliphatic carbocycles. The van der Waals surface area contributed by atoms with Crippen molar-refractivity contribution in [2.24, 2.45) is 7.05 Å². The van der Waals surface area contributed by atoms with Crippen molar-refractivity contribution in [1.82, 2.24) is 20.1 Å². The van der Waals surface area contributed by atoms with E-state index in [0.717, 1.165) is 41.7 Å². The van der Waals surface area contributed by atoms with Gasteiger partial charge < -0.3 is 11.1 Å². The van der Waals surface area contributed by atoms with Gasteiger partial charge in [-0.1, -0.05) is 6.07 Å². The number of nitrogen functional groups attached to an aromatic ring is 1. The molecule has 0 saturated carbocycles. The first-order valence-corrected chi connectivity index (χ1v) is 8.51. The molecule has 2 heterocycles. The standard InChI is InChI=1S/C19H21N5O/c1-11-16-9-13(10-21-18(16)24(2)23-11)19(25)22-17-5-3-4-12-8-14(20)6-7-15(12)17/h6-10,17H,3-5,20H2,1-2H3,(H,22,25). The van der Waals surface area contributed by atoms with E-state index < -0.39 is 0 Å². The molecule has 0 radical (unpaired) electrons. The quantitative estimate of drug-likeness (QED) is 0.705. The molecule has 2 aromatic heterocycles. The van der Waals surface area contributed by atoms with Gasteiger partial charge in [-0.05, 0) is 55.5 Å². The normalized spacial score (nSPS) is 16.6. The first kappa shape index (κ1) is 15.6. The van der Waals surface area contributed by atoms with Crippen LogP contribution in [0.1, 0.15) is 46.1 Å². The maximum absolute atomic E-state index is 12.7. The van der Waals surface area contributed by atoms with E-state index in [1.807, 2.05) is 38.2 Å². The molecule has 25 heavy (non-hydrogen) atoms. The van der Waals surface area contributed by atoms with Crippen molar-refractivity contribution in [3.63, 3.8) is 0 Å². The van der Waals surface area contributed by atoms with Crippen LogP contribution >= 0.6 is 0 Å². The second-order valence-electron chi connectivity index (χ2n) is 6.68. The second-order valence-corrected chi connectivity index (χ2v) is 6.68. The van der Waals surface area contributed by atoms with E-state index in [1.165, 1.54) is 11.1 Å². The molecule has 4 rings (SSSR count). The number of carbonyl (C=O) groups is 1. The fraction of sp³-hybridized carbons (Fsp3) is 0.316. The SMILES string of the molecule is Cc1nn(C)c2ncc(C(=O)NC3CCCc4cc(N)ccc43)cc12. The predicted molar refractivity (Wildman–Crippen MR) is 97.2 cm³/mol. The topological polar surface area (TPSA) is 85.8 Å².